The summed E-state index contributed by atoms with van der Waals surface area (Å²) in [5.41, 5.74) is 4.45. The van der Waals surface area contributed by atoms with Crippen LogP contribution >= 0.6 is 0 Å². The first-order valence-corrected chi connectivity index (χ1v) is 7.67. The van der Waals surface area contributed by atoms with Gasteiger partial charge in [0.1, 0.15) is 0 Å². The summed E-state index contributed by atoms with van der Waals surface area (Å²) in [4.78, 5) is 12.7. The molecule has 0 radical (unpaired) electrons. The van der Waals surface area contributed by atoms with Crippen molar-refractivity contribution in [3.05, 3.63) is 71.4 Å². The molecule has 0 saturated heterocycles. The van der Waals surface area contributed by atoms with Crippen molar-refractivity contribution in [3.8, 4) is 0 Å². The summed E-state index contributed by atoms with van der Waals surface area (Å²) in [6.07, 6.45) is 3.94. The van der Waals surface area contributed by atoms with Crippen molar-refractivity contribution in [2.75, 3.05) is 0 Å². The first kappa shape index (κ1) is 13.1. The van der Waals surface area contributed by atoms with Crippen molar-refractivity contribution < 1.29 is 4.79 Å². The van der Waals surface area contributed by atoms with Crippen molar-refractivity contribution in [2.24, 2.45) is 7.05 Å². The number of nitrogens with one attached hydrogen (secondary N) is 1. The normalized spacial score (nSPS) is 16.7. The van der Waals surface area contributed by atoms with Gasteiger partial charge in [-0.1, -0.05) is 42.5 Å². The van der Waals surface area contributed by atoms with Gasteiger partial charge in [-0.3, -0.25) is 4.79 Å². The number of aryl methyl sites for hydroxylation is 2. The maximum absolute atomic E-state index is 12.7. The van der Waals surface area contributed by atoms with Gasteiger partial charge in [0, 0.05) is 24.1 Å². The molecular weight excluding hydrogens is 272 g/mol. The van der Waals surface area contributed by atoms with Crippen molar-refractivity contribution in [3.63, 3.8) is 0 Å². The van der Waals surface area contributed by atoms with Gasteiger partial charge in [-0.25, -0.2) is 0 Å². The van der Waals surface area contributed by atoms with Gasteiger partial charge < -0.3 is 9.88 Å². The van der Waals surface area contributed by atoms with Gasteiger partial charge in [0.15, 0.2) is 0 Å². The van der Waals surface area contributed by atoms with E-state index in [1.165, 1.54) is 11.1 Å². The molecule has 1 aliphatic carbocycles. The van der Waals surface area contributed by atoms with Crippen LogP contribution in [-0.2, 0) is 13.5 Å². The smallest absolute Gasteiger partial charge is 0.253 e. The molecule has 0 bridgehead atoms. The van der Waals surface area contributed by atoms with E-state index < -0.39 is 0 Å². The number of hydrogen-bond donors (Lipinski definition) is 1. The molecule has 1 atom stereocenters. The van der Waals surface area contributed by atoms with Crippen LogP contribution in [0.25, 0.3) is 10.9 Å². The Labute approximate surface area is 129 Å². The molecular formula is C19H18N2O. The molecule has 110 valence electrons. The SMILES string of the molecule is Cn1cc(C(=O)NC2CCc3ccccc32)c2ccccc21. The summed E-state index contributed by atoms with van der Waals surface area (Å²) in [6, 6.07) is 16.5. The van der Waals surface area contributed by atoms with E-state index in [4.69, 9.17) is 0 Å². The van der Waals surface area contributed by atoms with E-state index >= 15 is 0 Å². The number of nitrogens with zero attached hydrogens (tertiary/aromatic N) is 1. The number of amides is 1. The van der Waals surface area contributed by atoms with Crippen molar-refractivity contribution in [1.82, 2.24) is 9.88 Å². The van der Waals surface area contributed by atoms with Gasteiger partial charge in [-0.05, 0) is 30.0 Å². The Morgan fingerprint density at radius 1 is 1.14 bits per heavy atom. The number of carbonyl (C=O) groups excluding carboxylic acids is 1. The Balaban J connectivity index is 1.65. The average Bonchev–Trinajstić information content (AvgIpc) is 3.10. The summed E-state index contributed by atoms with van der Waals surface area (Å²) in [7, 11) is 1.98. The van der Waals surface area contributed by atoms with E-state index in [-0.39, 0.29) is 11.9 Å². The quantitative estimate of drug-likeness (QED) is 0.769. The fourth-order valence-electron chi connectivity index (χ4n) is 3.47. The number of fused-ring (bicyclic) bond motifs is 2. The zero-order valence-electron chi connectivity index (χ0n) is 12.5. The molecule has 1 N–H and O–H groups in total. The maximum atomic E-state index is 12.7. The summed E-state index contributed by atoms with van der Waals surface area (Å²) in [5.74, 6) is 0.0125. The van der Waals surface area contributed by atoms with Gasteiger partial charge >= 0.3 is 0 Å². The molecule has 3 aromatic rings. The van der Waals surface area contributed by atoms with Crippen LogP contribution in [0.15, 0.2) is 54.7 Å². The van der Waals surface area contributed by atoms with Crippen molar-refractivity contribution in [2.45, 2.75) is 18.9 Å². The standard InChI is InChI=1S/C19H18N2O/c1-21-12-16(15-8-4-5-9-18(15)21)19(22)20-17-11-10-13-6-2-3-7-14(13)17/h2-9,12,17H,10-11H2,1H3,(H,20,22). The lowest BCUT2D eigenvalue weighted by atomic mass is 10.1. The Kier molecular flexibility index (Phi) is 3.00. The molecule has 3 nitrogen and oxygen atoms in total. The monoisotopic (exact) mass is 290 g/mol. The third-order valence-electron chi connectivity index (χ3n) is 4.58. The van der Waals surface area contributed by atoms with E-state index in [1.54, 1.807) is 0 Å². The minimum atomic E-state index is 0.0125. The zero-order valence-corrected chi connectivity index (χ0v) is 12.5. The molecule has 0 saturated carbocycles. The summed E-state index contributed by atoms with van der Waals surface area (Å²) >= 11 is 0. The first-order valence-electron chi connectivity index (χ1n) is 7.67. The van der Waals surface area contributed by atoms with Gasteiger partial charge in [0.2, 0.25) is 0 Å². The van der Waals surface area contributed by atoms with Crippen LogP contribution in [0, 0.1) is 0 Å². The molecule has 1 heterocycles. The largest absolute Gasteiger partial charge is 0.350 e. The molecule has 0 fully saturated rings. The number of rotatable bonds is 2. The fourth-order valence-corrected chi connectivity index (χ4v) is 3.47. The molecule has 22 heavy (non-hydrogen) atoms. The van der Waals surface area contributed by atoms with Crippen LogP contribution < -0.4 is 5.32 Å². The van der Waals surface area contributed by atoms with Crippen LogP contribution in [0.5, 0.6) is 0 Å². The Morgan fingerprint density at radius 3 is 2.82 bits per heavy atom. The summed E-state index contributed by atoms with van der Waals surface area (Å²) < 4.78 is 2.01. The molecule has 1 aliphatic rings. The molecule has 1 unspecified atom stereocenters. The molecule has 1 aromatic heterocycles. The van der Waals surface area contributed by atoms with Crippen molar-refractivity contribution >= 4 is 16.8 Å². The highest BCUT2D eigenvalue weighted by Crippen LogP contribution is 2.31. The third-order valence-corrected chi connectivity index (χ3v) is 4.58. The van der Waals surface area contributed by atoms with Crippen LogP contribution in [0.1, 0.15) is 33.9 Å². The zero-order chi connectivity index (χ0) is 15.1. The molecule has 1 amide bonds. The summed E-state index contributed by atoms with van der Waals surface area (Å²) in [5, 5.41) is 4.21. The van der Waals surface area contributed by atoms with E-state index in [0.29, 0.717) is 0 Å². The number of para-hydroxylation sites is 1. The van der Waals surface area contributed by atoms with Gasteiger partial charge in [-0.2, -0.15) is 0 Å². The fraction of sp³-hybridized carbons (Fsp3) is 0.211. The minimum absolute atomic E-state index is 0.0125. The van der Waals surface area contributed by atoms with Gasteiger partial charge in [-0.15, -0.1) is 0 Å². The number of carbonyl (C=O) groups is 1. The Bertz CT molecular complexity index is 863. The van der Waals surface area contributed by atoms with Gasteiger partial charge in [0.05, 0.1) is 11.6 Å². The molecule has 3 heteroatoms. The minimum Gasteiger partial charge on any atom is -0.350 e. The van der Waals surface area contributed by atoms with Crippen LogP contribution in [0.4, 0.5) is 0 Å². The molecule has 0 aliphatic heterocycles. The molecule has 4 rings (SSSR count). The van der Waals surface area contributed by atoms with Crippen LogP contribution in [0.2, 0.25) is 0 Å². The predicted molar refractivity (Wildman–Crippen MR) is 87.9 cm³/mol. The molecule has 2 aromatic carbocycles. The van der Waals surface area contributed by atoms with Crippen LogP contribution in [-0.4, -0.2) is 10.5 Å². The summed E-state index contributed by atoms with van der Waals surface area (Å²) in [6.45, 7) is 0. The second-order valence-corrected chi connectivity index (χ2v) is 5.93. The Morgan fingerprint density at radius 2 is 1.91 bits per heavy atom. The highest BCUT2D eigenvalue weighted by Gasteiger charge is 2.24. The lowest BCUT2D eigenvalue weighted by Crippen LogP contribution is -2.26. The highest BCUT2D eigenvalue weighted by atomic mass is 16.1. The highest BCUT2D eigenvalue weighted by molar-refractivity contribution is 6.07. The second-order valence-electron chi connectivity index (χ2n) is 5.93. The number of aromatic nitrogens is 1. The van der Waals surface area contributed by atoms with E-state index in [9.17, 15) is 4.79 Å². The maximum Gasteiger partial charge on any atom is 0.253 e. The van der Waals surface area contributed by atoms with Crippen LogP contribution in [0.3, 0.4) is 0 Å². The third kappa shape index (κ3) is 2.01. The van der Waals surface area contributed by atoms with E-state index in [1.807, 2.05) is 48.1 Å². The molecule has 0 spiro atoms. The lowest BCUT2D eigenvalue weighted by Gasteiger charge is -2.13. The predicted octanol–water partition coefficient (Wildman–Crippen LogP) is 3.60. The average molecular weight is 290 g/mol. The Hall–Kier alpha value is -2.55. The van der Waals surface area contributed by atoms with E-state index in [2.05, 4.69) is 23.5 Å². The second kappa shape index (κ2) is 5.02. The first-order chi connectivity index (χ1) is 10.7. The van der Waals surface area contributed by atoms with E-state index in [0.717, 1.165) is 29.3 Å². The number of hydrogen-bond acceptors (Lipinski definition) is 1. The topological polar surface area (TPSA) is 34.0 Å². The lowest BCUT2D eigenvalue weighted by molar-refractivity contribution is 0.0938. The van der Waals surface area contributed by atoms with Crippen molar-refractivity contribution in [1.29, 1.82) is 0 Å². The van der Waals surface area contributed by atoms with Gasteiger partial charge in [0.25, 0.3) is 5.91 Å². The number of benzene rings is 2.